The number of hydrogen-bond donors (Lipinski definition) is 0. The van der Waals surface area contributed by atoms with Crippen LogP contribution in [0.15, 0.2) is 42.6 Å². The van der Waals surface area contributed by atoms with E-state index < -0.39 is 0 Å². The van der Waals surface area contributed by atoms with Crippen LogP contribution in [-0.4, -0.2) is 46.1 Å². The van der Waals surface area contributed by atoms with Gasteiger partial charge in [-0.05, 0) is 35.7 Å². The van der Waals surface area contributed by atoms with Gasteiger partial charge in [0.2, 0.25) is 0 Å². The van der Waals surface area contributed by atoms with Crippen LogP contribution in [0.3, 0.4) is 0 Å². The molecule has 0 spiro atoms. The Hall–Kier alpha value is -3.45. The fourth-order valence-electron chi connectivity index (χ4n) is 4.75. The summed E-state index contributed by atoms with van der Waals surface area (Å²) in [5.41, 5.74) is 6.59. The standard InChI is InChI=1S/C25H23N3O4/c29-24-20-3-1-16(11-17(20)6-10-31-24)5-7-27-8-9-28-13-22(26-23(28)14-27)18-2-4-21-19(12-18)15-32-25(21)30/h1-4,11-13H,5-10,14-15H2. The molecule has 0 saturated carbocycles. The van der Waals surface area contributed by atoms with E-state index in [1.807, 2.05) is 30.3 Å². The SMILES string of the molecule is O=C1OCCc2cc(CCN3CCn4cc(-c5ccc6c(c5)COC6=O)nc4C3)ccc21. The molecule has 6 rings (SSSR count). The Morgan fingerprint density at radius 2 is 1.78 bits per heavy atom. The summed E-state index contributed by atoms with van der Waals surface area (Å²) < 4.78 is 12.5. The van der Waals surface area contributed by atoms with Gasteiger partial charge in [0.1, 0.15) is 12.4 Å². The molecule has 0 amide bonds. The van der Waals surface area contributed by atoms with E-state index >= 15 is 0 Å². The van der Waals surface area contributed by atoms with Crippen molar-refractivity contribution in [2.45, 2.75) is 32.5 Å². The van der Waals surface area contributed by atoms with Crippen molar-refractivity contribution < 1.29 is 19.1 Å². The summed E-state index contributed by atoms with van der Waals surface area (Å²) >= 11 is 0. The zero-order chi connectivity index (χ0) is 21.7. The van der Waals surface area contributed by atoms with Crippen LogP contribution in [0, 0.1) is 0 Å². The van der Waals surface area contributed by atoms with Crippen LogP contribution in [0.5, 0.6) is 0 Å². The van der Waals surface area contributed by atoms with E-state index in [1.54, 1.807) is 0 Å². The van der Waals surface area contributed by atoms with Crippen molar-refractivity contribution >= 4 is 11.9 Å². The summed E-state index contributed by atoms with van der Waals surface area (Å²) in [7, 11) is 0. The van der Waals surface area contributed by atoms with E-state index in [0.29, 0.717) is 24.3 Å². The molecule has 2 aromatic carbocycles. The summed E-state index contributed by atoms with van der Waals surface area (Å²) in [6.45, 7) is 4.46. The molecule has 162 valence electrons. The molecule has 3 aromatic rings. The van der Waals surface area contributed by atoms with E-state index in [9.17, 15) is 9.59 Å². The molecule has 0 N–H and O–H groups in total. The summed E-state index contributed by atoms with van der Waals surface area (Å²) in [6, 6.07) is 11.9. The van der Waals surface area contributed by atoms with Gasteiger partial charge in [0, 0.05) is 43.4 Å². The Bertz CT molecular complexity index is 1250. The number of rotatable bonds is 4. The molecular weight excluding hydrogens is 406 g/mol. The first kappa shape index (κ1) is 19.3. The quantitative estimate of drug-likeness (QED) is 0.594. The third-order valence-corrected chi connectivity index (χ3v) is 6.57. The second kappa shape index (κ2) is 7.60. The van der Waals surface area contributed by atoms with Crippen molar-refractivity contribution in [3.63, 3.8) is 0 Å². The largest absolute Gasteiger partial charge is 0.462 e. The highest BCUT2D eigenvalue weighted by Crippen LogP contribution is 2.28. The maximum absolute atomic E-state index is 11.8. The highest BCUT2D eigenvalue weighted by atomic mass is 16.5. The number of fused-ring (bicyclic) bond motifs is 3. The van der Waals surface area contributed by atoms with Gasteiger partial charge < -0.3 is 14.0 Å². The maximum atomic E-state index is 11.8. The summed E-state index contributed by atoms with van der Waals surface area (Å²) in [6.07, 6.45) is 3.84. The predicted molar refractivity (Wildman–Crippen MR) is 116 cm³/mol. The number of cyclic esters (lactones) is 2. The number of benzene rings is 2. The lowest BCUT2D eigenvalue weighted by Crippen LogP contribution is -2.35. The van der Waals surface area contributed by atoms with E-state index in [2.05, 4.69) is 21.7 Å². The normalized spacial score (nSPS) is 17.4. The average molecular weight is 429 g/mol. The van der Waals surface area contributed by atoms with Crippen LogP contribution in [0.4, 0.5) is 0 Å². The molecule has 0 unspecified atom stereocenters. The first-order chi connectivity index (χ1) is 15.6. The first-order valence-electron chi connectivity index (χ1n) is 11.0. The van der Waals surface area contributed by atoms with Crippen LogP contribution < -0.4 is 0 Å². The highest BCUT2D eigenvalue weighted by molar-refractivity contribution is 5.94. The topological polar surface area (TPSA) is 73.7 Å². The number of carbonyl (C=O) groups is 2. The minimum atomic E-state index is -0.245. The molecule has 0 aliphatic carbocycles. The smallest absolute Gasteiger partial charge is 0.338 e. The molecular formula is C25H23N3O4. The molecule has 0 radical (unpaired) electrons. The third-order valence-electron chi connectivity index (χ3n) is 6.57. The van der Waals surface area contributed by atoms with E-state index in [-0.39, 0.29) is 11.9 Å². The van der Waals surface area contributed by atoms with Crippen molar-refractivity contribution in [3.05, 3.63) is 76.2 Å². The van der Waals surface area contributed by atoms with Gasteiger partial charge in [-0.3, -0.25) is 4.90 Å². The Morgan fingerprint density at radius 1 is 0.938 bits per heavy atom. The summed E-state index contributed by atoms with van der Waals surface area (Å²) in [5.74, 6) is 0.608. The number of ether oxygens (including phenoxy) is 2. The molecule has 32 heavy (non-hydrogen) atoms. The molecule has 1 aromatic heterocycles. The second-order valence-electron chi connectivity index (χ2n) is 8.59. The zero-order valence-corrected chi connectivity index (χ0v) is 17.7. The molecule has 0 bridgehead atoms. The van der Waals surface area contributed by atoms with Gasteiger partial charge in [0.15, 0.2) is 0 Å². The number of hydrogen-bond acceptors (Lipinski definition) is 6. The van der Waals surface area contributed by atoms with Crippen molar-refractivity contribution in [2.75, 3.05) is 19.7 Å². The number of aromatic nitrogens is 2. The van der Waals surface area contributed by atoms with Crippen molar-refractivity contribution in [1.29, 1.82) is 0 Å². The second-order valence-corrected chi connectivity index (χ2v) is 8.59. The molecule has 0 fully saturated rings. The molecule has 0 saturated heterocycles. The van der Waals surface area contributed by atoms with E-state index in [0.717, 1.165) is 67.2 Å². The number of esters is 2. The van der Waals surface area contributed by atoms with E-state index in [4.69, 9.17) is 14.5 Å². The molecule has 4 heterocycles. The van der Waals surface area contributed by atoms with Gasteiger partial charge in [0.25, 0.3) is 0 Å². The zero-order valence-electron chi connectivity index (χ0n) is 17.7. The van der Waals surface area contributed by atoms with Crippen molar-refractivity contribution in [2.24, 2.45) is 0 Å². The fourth-order valence-corrected chi connectivity index (χ4v) is 4.75. The minimum Gasteiger partial charge on any atom is -0.462 e. The monoisotopic (exact) mass is 429 g/mol. The third kappa shape index (κ3) is 3.39. The van der Waals surface area contributed by atoms with Crippen molar-refractivity contribution in [3.8, 4) is 11.3 Å². The van der Waals surface area contributed by atoms with Crippen molar-refractivity contribution in [1.82, 2.24) is 14.5 Å². The Balaban J connectivity index is 1.14. The minimum absolute atomic E-state index is 0.209. The first-order valence-corrected chi connectivity index (χ1v) is 11.0. The van der Waals surface area contributed by atoms with Crippen LogP contribution in [0.2, 0.25) is 0 Å². The van der Waals surface area contributed by atoms with Crippen LogP contribution in [-0.2, 0) is 42.0 Å². The van der Waals surface area contributed by atoms with Gasteiger partial charge in [-0.2, -0.15) is 0 Å². The molecule has 0 atom stereocenters. The van der Waals surface area contributed by atoms with Crippen LogP contribution in [0.25, 0.3) is 11.3 Å². The fraction of sp³-hybridized carbons (Fsp3) is 0.320. The highest BCUT2D eigenvalue weighted by Gasteiger charge is 2.24. The van der Waals surface area contributed by atoms with Gasteiger partial charge in [0.05, 0.1) is 30.0 Å². The van der Waals surface area contributed by atoms with E-state index in [1.165, 1.54) is 5.56 Å². The van der Waals surface area contributed by atoms with Gasteiger partial charge in [-0.25, -0.2) is 14.6 Å². The lowest BCUT2D eigenvalue weighted by atomic mass is 9.98. The van der Waals surface area contributed by atoms with Gasteiger partial charge in [-0.1, -0.05) is 18.2 Å². The molecule has 3 aliphatic heterocycles. The van der Waals surface area contributed by atoms with Gasteiger partial charge in [-0.15, -0.1) is 0 Å². The lowest BCUT2D eigenvalue weighted by molar-refractivity contribution is 0.0478. The summed E-state index contributed by atoms with van der Waals surface area (Å²) in [4.78, 5) is 30.8. The number of nitrogens with zero attached hydrogens (tertiary/aromatic N) is 3. The van der Waals surface area contributed by atoms with Crippen LogP contribution >= 0.6 is 0 Å². The Morgan fingerprint density at radius 3 is 2.72 bits per heavy atom. The Labute approximate surface area is 185 Å². The maximum Gasteiger partial charge on any atom is 0.338 e. The van der Waals surface area contributed by atoms with Gasteiger partial charge >= 0.3 is 11.9 Å². The number of carbonyl (C=O) groups excluding carboxylic acids is 2. The molecule has 7 heteroatoms. The summed E-state index contributed by atoms with van der Waals surface area (Å²) in [5, 5.41) is 0. The lowest BCUT2D eigenvalue weighted by Gasteiger charge is -2.27. The number of imidazole rings is 1. The van der Waals surface area contributed by atoms with Crippen LogP contribution in [0.1, 0.15) is 43.2 Å². The Kier molecular flexibility index (Phi) is 4.57. The molecule has 3 aliphatic rings. The molecule has 7 nitrogen and oxygen atoms in total. The predicted octanol–water partition coefficient (Wildman–Crippen LogP) is 2.99. The average Bonchev–Trinajstić information content (AvgIpc) is 3.40.